The fourth-order valence-corrected chi connectivity index (χ4v) is 4.13. The van der Waals surface area contributed by atoms with Crippen LogP contribution in [0.4, 0.5) is 5.69 Å². The number of fused-ring (bicyclic) bond motifs is 1. The lowest BCUT2D eigenvalue weighted by Gasteiger charge is -2.36. The van der Waals surface area contributed by atoms with Gasteiger partial charge in [-0.1, -0.05) is 68.4 Å². The fraction of sp³-hybridized carbons (Fsp3) is 0.346. The summed E-state index contributed by atoms with van der Waals surface area (Å²) in [5.41, 5.74) is 1.29. The van der Waals surface area contributed by atoms with Crippen molar-refractivity contribution in [1.29, 1.82) is 0 Å². The van der Waals surface area contributed by atoms with Gasteiger partial charge in [0.15, 0.2) is 0 Å². The molecule has 1 heterocycles. The number of anilines is 1. The van der Waals surface area contributed by atoms with Gasteiger partial charge in [-0.3, -0.25) is 4.79 Å². The van der Waals surface area contributed by atoms with Gasteiger partial charge in [-0.25, -0.2) is 0 Å². The molecule has 1 fully saturated rings. The molecule has 0 atom stereocenters. The van der Waals surface area contributed by atoms with Crippen LogP contribution >= 0.6 is 0 Å². The SMILES string of the molecule is CC(C)COc1ccc(NC(=O)C2(c3ccccc3)CCOCC2)c2ccccc12. The molecule has 1 saturated heterocycles. The molecule has 0 unspecified atom stereocenters. The Morgan fingerprint density at radius 2 is 1.63 bits per heavy atom. The number of carbonyl (C=O) groups excluding carboxylic acids is 1. The molecule has 0 radical (unpaired) electrons. The lowest BCUT2D eigenvalue weighted by Crippen LogP contribution is -2.44. The summed E-state index contributed by atoms with van der Waals surface area (Å²) in [5, 5.41) is 5.24. The third kappa shape index (κ3) is 4.05. The number of rotatable bonds is 6. The Labute approximate surface area is 178 Å². The first-order valence-corrected chi connectivity index (χ1v) is 10.7. The highest BCUT2D eigenvalue weighted by molar-refractivity contribution is 6.07. The summed E-state index contributed by atoms with van der Waals surface area (Å²) in [6.45, 7) is 6.10. The van der Waals surface area contributed by atoms with Crippen LogP contribution in [0.5, 0.6) is 5.75 Å². The monoisotopic (exact) mass is 403 g/mol. The largest absolute Gasteiger partial charge is 0.493 e. The first-order valence-electron chi connectivity index (χ1n) is 10.7. The Hall–Kier alpha value is -2.85. The van der Waals surface area contributed by atoms with E-state index in [1.165, 1.54) is 0 Å². The van der Waals surface area contributed by atoms with Crippen LogP contribution in [0.25, 0.3) is 10.8 Å². The molecule has 0 saturated carbocycles. The Morgan fingerprint density at radius 1 is 0.967 bits per heavy atom. The summed E-state index contributed by atoms with van der Waals surface area (Å²) in [6.07, 6.45) is 1.35. The van der Waals surface area contributed by atoms with E-state index in [0.29, 0.717) is 38.6 Å². The molecule has 3 aromatic rings. The molecule has 1 N–H and O–H groups in total. The highest BCUT2D eigenvalue weighted by atomic mass is 16.5. The minimum atomic E-state index is -0.576. The number of ether oxygens (including phenoxy) is 2. The van der Waals surface area contributed by atoms with Gasteiger partial charge in [0.25, 0.3) is 0 Å². The van der Waals surface area contributed by atoms with Crippen molar-refractivity contribution in [3.63, 3.8) is 0 Å². The van der Waals surface area contributed by atoms with E-state index in [-0.39, 0.29) is 5.91 Å². The van der Waals surface area contributed by atoms with Crippen molar-refractivity contribution in [3.05, 3.63) is 72.3 Å². The standard InChI is InChI=1S/C26H29NO3/c1-19(2)18-30-24-13-12-23(21-10-6-7-11-22(21)24)27-25(28)26(14-16-29-17-15-26)20-8-4-3-5-9-20/h3-13,19H,14-18H2,1-2H3,(H,27,28). The van der Waals surface area contributed by atoms with Crippen LogP contribution in [0.15, 0.2) is 66.7 Å². The van der Waals surface area contributed by atoms with Crippen molar-refractivity contribution >= 4 is 22.4 Å². The second-order valence-electron chi connectivity index (χ2n) is 8.38. The topological polar surface area (TPSA) is 47.6 Å². The maximum absolute atomic E-state index is 13.6. The maximum atomic E-state index is 13.6. The van der Waals surface area contributed by atoms with Crippen LogP contribution in [0.3, 0.4) is 0 Å². The molecule has 0 bridgehead atoms. The average molecular weight is 404 g/mol. The summed E-state index contributed by atoms with van der Waals surface area (Å²) in [7, 11) is 0. The number of benzene rings is 3. The fourth-order valence-electron chi connectivity index (χ4n) is 4.13. The number of hydrogen-bond acceptors (Lipinski definition) is 3. The Bertz CT molecular complexity index is 1010. The van der Waals surface area contributed by atoms with Crippen LogP contribution in [-0.2, 0) is 14.9 Å². The molecule has 30 heavy (non-hydrogen) atoms. The molecular weight excluding hydrogens is 374 g/mol. The lowest BCUT2D eigenvalue weighted by molar-refractivity contribution is -0.125. The molecule has 3 aromatic carbocycles. The van der Waals surface area contributed by atoms with E-state index in [1.54, 1.807) is 0 Å². The summed E-state index contributed by atoms with van der Waals surface area (Å²) >= 11 is 0. The van der Waals surface area contributed by atoms with Gasteiger partial charge in [0.05, 0.1) is 12.0 Å². The summed E-state index contributed by atoms with van der Waals surface area (Å²) in [6, 6.07) is 22.1. The summed E-state index contributed by atoms with van der Waals surface area (Å²) < 4.78 is 11.6. The minimum Gasteiger partial charge on any atom is -0.493 e. The van der Waals surface area contributed by atoms with Crippen molar-refractivity contribution in [2.75, 3.05) is 25.1 Å². The first kappa shape index (κ1) is 20.4. The third-order valence-corrected chi connectivity index (χ3v) is 5.81. The van der Waals surface area contributed by atoms with Crippen molar-refractivity contribution in [3.8, 4) is 5.75 Å². The molecule has 4 nitrogen and oxygen atoms in total. The summed E-state index contributed by atoms with van der Waals surface area (Å²) in [4.78, 5) is 13.6. The predicted molar refractivity (Wildman–Crippen MR) is 121 cm³/mol. The average Bonchev–Trinajstić information content (AvgIpc) is 2.79. The van der Waals surface area contributed by atoms with E-state index in [9.17, 15) is 4.79 Å². The number of nitrogens with one attached hydrogen (secondary N) is 1. The maximum Gasteiger partial charge on any atom is 0.235 e. The van der Waals surface area contributed by atoms with Crippen molar-refractivity contribution in [1.82, 2.24) is 0 Å². The predicted octanol–water partition coefficient (Wildman–Crippen LogP) is 5.56. The van der Waals surface area contributed by atoms with Crippen molar-refractivity contribution in [2.45, 2.75) is 32.1 Å². The smallest absolute Gasteiger partial charge is 0.235 e. The molecular formula is C26H29NO3. The zero-order chi connectivity index (χ0) is 21.0. The first-order chi connectivity index (χ1) is 14.6. The molecule has 0 aliphatic carbocycles. The highest BCUT2D eigenvalue weighted by Crippen LogP contribution is 2.38. The van der Waals surface area contributed by atoms with E-state index in [2.05, 4.69) is 19.2 Å². The zero-order valence-electron chi connectivity index (χ0n) is 17.7. The molecule has 0 spiro atoms. The molecule has 4 rings (SSSR count). The normalized spacial score (nSPS) is 15.8. The van der Waals surface area contributed by atoms with Gasteiger partial charge in [-0.15, -0.1) is 0 Å². The van der Waals surface area contributed by atoms with Crippen LogP contribution in [0.2, 0.25) is 0 Å². The second kappa shape index (κ2) is 8.88. The van der Waals surface area contributed by atoms with E-state index in [0.717, 1.165) is 27.8 Å². The second-order valence-corrected chi connectivity index (χ2v) is 8.38. The Balaban J connectivity index is 1.68. The Morgan fingerprint density at radius 3 is 2.33 bits per heavy atom. The number of hydrogen-bond donors (Lipinski definition) is 1. The molecule has 4 heteroatoms. The summed E-state index contributed by atoms with van der Waals surface area (Å²) in [5.74, 6) is 1.32. The van der Waals surface area contributed by atoms with Gasteiger partial charge < -0.3 is 14.8 Å². The zero-order valence-corrected chi connectivity index (χ0v) is 17.7. The molecule has 1 amide bonds. The van der Waals surface area contributed by atoms with Gasteiger partial charge in [-0.05, 0) is 36.5 Å². The van der Waals surface area contributed by atoms with E-state index in [4.69, 9.17) is 9.47 Å². The number of amides is 1. The molecule has 0 aromatic heterocycles. The minimum absolute atomic E-state index is 0.0259. The van der Waals surface area contributed by atoms with E-state index in [1.807, 2.05) is 66.7 Å². The quantitative estimate of drug-likeness (QED) is 0.586. The van der Waals surface area contributed by atoms with Crippen molar-refractivity contribution < 1.29 is 14.3 Å². The van der Waals surface area contributed by atoms with Gasteiger partial charge in [0.2, 0.25) is 5.91 Å². The van der Waals surface area contributed by atoms with E-state index >= 15 is 0 Å². The number of carbonyl (C=O) groups is 1. The van der Waals surface area contributed by atoms with Gasteiger partial charge in [-0.2, -0.15) is 0 Å². The van der Waals surface area contributed by atoms with Gasteiger partial charge in [0.1, 0.15) is 5.75 Å². The van der Waals surface area contributed by atoms with Crippen LogP contribution < -0.4 is 10.1 Å². The van der Waals surface area contributed by atoms with Gasteiger partial charge in [0, 0.05) is 29.7 Å². The van der Waals surface area contributed by atoms with Crippen LogP contribution in [-0.4, -0.2) is 25.7 Å². The lowest BCUT2D eigenvalue weighted by atomic mass is 9.73. The van der Waals surface area contributed by atoms with E-state index < -0.39 is 5.41 Å². The molecule has 1 aliphatic rings. The van der Waals surface area contributed by atoms with Crippen LogP contribution in [0.1, 0.15) is 32.3 Å². The third-order valence-electron chi connectivity index (χ3n) is 5.81. The molecule has 156 valence electrons. The van der Waals surface area contributed by atoms with Crippen molar-refractivity contribution in [2.24, 2.45) is 5.92 Å². The Kier molecular flexibility index (Phi) is 6.05. The molecule has 1 aliphatic heterocycles. The van der Waals surface area contributed by atoms with Gasteiger partial charge >= 0.3 is 0 Å². The van der Waals surface area contributed by atoms with Crippen LogP contribution in [0, 0.1) is 5.92 Å². The highest BCUT2D eigenvalue weighted by Gasteiger charge is 2.41.